The zero-order valence-corrected chi connectivity index (χ0v) is 16.0. The third kappa shape index (κ3) is 3.88. The van der Waals surface area contributed by atoms with Crippen molar-refractivity contribution >= 4 is 23.1 Å². The monoisotopic (exact) mass is 400 g/mol. The van der Waals surface area contributed by atoms with Gasteiger partial charge in [0.15, 0.2) is 0 Å². The average Bonchev–Trinajstić information content (AvgIpc) is 3.51. The van der Waals surface area contributed by atoms with Crippen LogP contribution >= 0.6 is 0 Å². The Labute approximate surface area is 167 Å². The number of hydrogen-bond donors (Lipinski definition) is 3. The van der Waals surface area contributed by atoms with Crippen LogP contribution in [0.4, 0.5) is 5.69 Å². The van der Waals surface area contributed by atoms with E-state index in [9.17, 15) is 19.7 Å². The van der Waals surface area contributed by atoms with Crippen LogP contribution < -0.4 is 10.8 Å². The number of hydroxylamine groups is 1. The van der Waals surface area contributed by atoms with Crippen LogP contribution in [0.5, 0.6) is 0 Å². The number of piperidine rings is 1. The van der Waals surface area contributed by atoms with Gasteiger partial charge in [-0.05, 0) is 54.4 Å². The molecule has 2 atom stereocenters. The predicted octanol–water partition coefficient (Wildman–Crippen LogP) is 1.47. The second-order valence-corrected chi connectivity index (χ2v) is 8.21. The molecule has 0 bridgehead atoms. The van der Waals surface area contributed by atoms with Crippen LogP contribution in [0.25, 0.3) is 5.57 Å². The maximum absolute atomic E-state index is 13.1. The van der Waals surface area contributed by atoms with E-state index in [0.717, 1.165) is 30.5 Å². The van der Waals surface area contributed by atoms with Gasteiger partial charge in [-0.2, -0.15) is 0 Å². The van der Waals surface area contributed by atoms with Crippen molar-refractivity contribution in [1.29, 1.82) is 0 Å². The summed E-state index contributed by atoms with van der Waals surface area (Å²) in [7, 11) is 0. The molecule has 1 aromatic rings. The lowest BCUT2D eigenvalue weighted by molar-refractivity contribution is -0.384. The molecule has 2 aliphatic heterocycles. The fraction of sp³-hybridized carbons (Fsp3) is 0.500. The fourth-order valence-electron chi connectivity index (χ4n) is 4.39. The highest BCUT2D eigenvalue weighted by molar-refractivity contribution is 5.90. The fourth-order valence-corrected chi connectivity index (χ4v) is 4.39. The summed E-state index contributed by atoms with van der Waals surface area (Å²) in [5.41, 5.74) is 3.82. The summed E-state index contributed by atoms with van der Waals surface area (Å²) in [6.45, 7) is 1.65. The van der Waals surface area contributed by atoms with Gasteiger partial charge in [0.2, 0.25) is 11.8 Å². The number of carbonyl (C=O) groups is 2. The van der Waals surface area contributed by atoms with Crippen molar-refractivity contribution in [1.82, 2.24) is 15.7 Å². The van der Waals surface area contributed by atoms with Gasteiger partial charge in [-0.3, -0.25) is 24.9 Å². The first-order valence-electron chi connectivity index (χ1n) is 9.82. The molecule has 4 rings (SSSR count). The minimum absolute atomic E-state index is 0.0481. The Hall–Kier alpha value is -2.78. The number of amides is 2. The number of nitro benzene ring substituents is 1. The number of non-ortho nitro benzene ring substituents is 1. The van der Waals surface area contributed by atoms with E-state index in [1.165, 1.54) is 12.1 Å². The molecule has 9 nitrogen and oxygen atoms in total. The number of benzene rings is 1. The molecule has 0 aromatic heterocycles. The van der Waals surface area contributed by atoms with E-state index in [4.69, 9.17) is 5.21 Å². The van der Waals surface area contributed by atoms with Crippen molar-refractivity contribution in [2.45, 2.75) is 31.7 Å². The molecule has 154 valence electrons. The highest BCUT2D eigenvalue weighted by Gasteiger charge is 2.52. The first-order valence-corrected chi connectivity index (χ1v) is 9.82. The number of rotatable bonds is 4. The Morgan fingerprint density at radius 3 is 2.55 bits per heavy atom. The van der Waals surface area contributed by atoms with Crippen molar-refractivity contribution in [3.63, 3.8) is 0 Å². The largest absolute Gasteiger partial charge is 0.337 e. The van der Waals surface area contributed by atoms with E-state index in [2.05, 4.69) is 5.32 Å². The van der Waals surface area contributed by atoms with Crippen molar-refractivity contribution in [2.75, 3.05) is 19.6 Å². The number of nitro groups is 1. The Morgan fingerprint density at radius 1 is 1.28 bits per heavy atom. The molecule has 0 radical (unpaired) electrons. The molecule has 2 unspecified atom stereocenters. The maximum Gasteiger partial charge on any atom is 0.269 e. The molecule has 1 aromatic carbocycles. The first kappa shape index (κ1) is 19.5. The van der Waals surface area contributed by atoms with Gasteiger partial charge in [-0.15, -0.1) is 0 Å². The topological polar surface area (TPSA) is 125 Å². The van der Waals surface area contributed by atoms with Crippen molar-refractivity contribution in [3.05, 3.63) is 46.0 Å². The van der Waals surface area contributed by atoms with E-state index < -0.39 is 22.8 Å². The lowest BCUT2D eigenvalue weighted by atomic mass is 9.81. The molecule has 1 aliphatic carbocycles. The van der Waals surface area contributed by atoms with Gasteiger partial charge < -0.3 is 10.2 Å². The lowest BCUT2D eigenvalue weighted by Crippen LogP contribution is -2.59. The molecular weight excluding hydrogens is 376 g/mol. The quantitative estimate of drug-likeness (QED) is 0.399. The SMILES string of the molecule is O=C(NO)C1CC2(CC2)CNC1C(=O)N1CC=C(c2ccc([N+](=O)[O-])cc2)CC1. The summed E-state index contributed by atoms with van der Waals surface area (Å²) < 4.78 is 0. The molecular formula is C20H24N4O5. The highest BCUT2D eigenvalue weighted by atomic mass is 16.6. The molecule has 2 amide bonds. The molecule has 3 N–H and O–H groups in total. The lowest BCUT2D eigenvalue weighted by Gasteiger charge is -2.38. The standard InChI is InChI=1S/C20H24N4O5/c25-18(22-27)16-11-20(7-8-20)12-21-17(16)19(26)23-9-5-14(6-10-23)13-1-3-15(4-2-13)24(28)29/h1-5,16-17,21,27H,6-12H2,(H,22,25). The van der Waals surface area contributed by atoms with Gasteiger partial charge in [-0.1, -0.05) is 6.08 Å². The maximum atomic E-state index is 13.1. The van der Waals surface area contributed by atoms with Crippen LogP contribution in [0.3, 0.4) is 0 Å². The minimum Gasteiger partial charge on any atom is -0.337 e. The van der Waals surface area contributed by atoms with Crippen LogP contribution in [0.2, 0.25) is 0 Å². The Bertz CT molecular complexity index is 862. The normalized spacial score (nSPS) is 25.3. The van der Waals surface area contributed by atoms with Gasteiger partial charge in [0.1, 0.15) is 0 Å². The number of carbonyl (C=O) groups excluding carboxylic acids is 2. The molecule has 1 spiro atoms. The van der Waals surface area contributed by atoms with E-state index in [0.29, 0.717) is 25.9 Å². The van der Waals surface area contributed by atoms with Gasteiger partial charge in [0, 0.05) is 31.8 Å². The number of nitrogens with one attached hydrogen (secondary N) is 2. The average molecular weight is 400 g/mol. The Balaban J connectivity index is 1.43. The smallest absolute Gasteiger partial charge is 0.269 e. The zero-order valence-electron chi connectivity index (χ0n) is 16.0. The summed E-state index contributed by atoms with van der Waals surface area (Å²) in [6, 6.07) is 5.76. The molecule has 2 heterocycles. The Morgan fingerprint density at radius 2 is 2.00 bits per heavy atom. The van der Waals surface area contributed by atoms with Crippen LogP contribution in [0, 0.1) is 21.4 Å². The van der Waals surface area contributed by atoms with Crippen LogP contribution in [0.15, 0.2) is 30.3 Å². The third-order valence-corrected chi connectivity index (χ3v) is 6.39. The van der Waals surface area contributed by atoms with Gasteiger partial charge in [0.05, 0.1) is 16.9 Å². The summed E-state index contributed by atoms with van der Waals surface area (Å²) in [5, 5.41) is 23.1. The van der Waals surface area contributed by atoms with E-state index in [1.54, 1.807) is 22.5 Å². The van der Waals surface area contributed by atoms with Gasteiger partial charge in [0.25, 0.3) is 5.69 Å². The molecule has 3 aliphatic rings. The summed E-state index contributed by atoms with van der Waals surface area (Å²) >= 11 is 0. The van der Waals surface area contributed by atoms with Crippen molar-refractivity contribution in [2.24, 2.45) is 11.3 Å². The van der Waals surface area contributed by atoms with E-state index >= 15 is 0 Å². The minimum atomic E-state index is -0.636. The summed E-state index contributed by atoms with van der Waals surface area (Å²) in [5.74, 6) is -1.22. The van der Waals surface area contributed by atoms with Crippen molar-refractivity contribution < 1.29 is 19.7 Å². The van der Waals surface area contributed by atoms with Gasteiger partial charge >= 0.3 is 0 Å². The molecule has 29 heavy (non-hydrogen) atoms. The second-order valence-electron chi connectivity index (χ2n) is 8.21. The van der Waals surface area contributed by atoms with E-state index in [1.807, 2.05) is 6.08 Å². The first-order chi connectivity index (χ1) is 13.9. The molecule has 1 saturated carbocycles. The van der Waals surface area contributed by atoms with Crippen LogP contribution in [-0.2, 0) is 9.59 Å². The molecule has 9 heteroatoms. The molecule has 1 saturated heterocycles. The van der Waals surface area contributed by atoms with E-state index in [-0.39, 0.29) is 17.0 Å². The zero-order chi connectivity index (χ0) is 20.6. The number of nitrogens with zero attached hydrogens (tertiary/aromatic N) is 2. The highest BCUT2D eigenvalue weighted by Crippen LogP contribution is 2.52. The van der Waals surface area contributed by atoms with Crippen LogP contribution in [-0.4, -0.2) is 52.5 Å². The van der Waals surface area contributed by atoms with Gasteiger partial charge in [-0.25, -0.2) is 5.48 Å². The van der Waals surface area contributed by atoms with Crippen LogP contribution in [0.1, 0.15) is 31.2 Å². The second kappa shape index (κ2) is 7.57. The summed E-state index contributed by atoms with van der Waals surface area (Å²) in [4.78, 5) is 37.3. The molecule has 2 fully saturated rings. The third-order valence-electron chi connectivity index (χ3n) is 6.39. The summed E-state index contributed by atoms with van der Waals surface area (Å²) in [6.07, 6.45) is 5.29. The predicted molar refractivity (Wildman–Crippen MR) is 104 cm³/mol. The Kier molecular flexibility index (Phi) is 5.10. The van der Waals surface area contributed by atoms with Crippen molar-refractivity contribution in [3.8, 4) is 0 Å². The number of hydrogen-bond acceptors (Lipinski definition) is 6.